The van der Waals surface area contributed by atoms with E-state index in [0.717, 1.165) is 23.2 Å². The molecule has 2 rings (SSSR count). The van der Waals surface area contributed by atoms with Crippen molar-refractivity contribution in [1.82, 2.24) is 4.98 Å². The van der Waals surface area contributed by atoms with E-state index in [1.807, 2.05) is 24.4 Å². The van der Waals surface area contributed by atoms with E-state index in [9.17, 15) is 0 Å². The molecule has 0 aliphatic rings. The number of hydrogen-bond acceptors (Lipinski definition) is 3. The molecule has 4 nitrogen and oxygen atoms in total. The monoisotopic (exact) mass is 231 g/mol. The first kappa shape index (κ1) is 11.5. The standard InChI is InChI=1S/C13H17N3O/c1-17-6-4-9-7-10(12-3-2-5-16-12)13(15)11(14)8-9/h2-3,5,7-8,16H,4,6,14-15H2,1H3. The Labute approximate surface area is 101 Å². The van der Waals surface area contributed by atoms with E-state index in [1.165, 1.54) is 0 Å². The summed E-state index contributed by atoms with van der Waals surface area (Å²) < 4.78 is 5.07. The maximum absolute atomic E-state index is 6.00. The number of benzene rings is 1. The van der Waals surface area contributed by atoms with Gasteiger partial charge in [0.15, 0.2) is 0 Å². The SMILES string of the molecule is COCCc1cc(N)c(N)c(-c2ccc[nH]2)c1. The van der Waals surface area contributed by atoms with Gasteiger partial charge in [-0.05, 0) is 36.2 Å². The van der Waals surface area contributed by atoms with Gasteiger partial charge in [0.05, 0.1) is 18.0 Å². The Bertz CT molecular complexity index is 492. The Morgan fingerprint density at radius 2 is 2.12 bits per heavy atom. The normalized spacial score (nSPS) is 10.6. The fourth-order valence-electron chi connectivity index (χ4n) is 1.82. The molecule has 0 unspecified atom stereocenters. The molecule has 0 amide bonds. The van der Waals surface area contributed by atoms with E-state index in [2.05, 4.69) is 11.1 Å². The number of anilines is 2. The van der Waals surface area contributed by atoms with E-state index in [4.69, 9.17) is 16.2 Å². The van der Waals surface area contributed by atoms with Crippen molar-refractivity contribution in [3.8, 4) is 11.3 Å². The summed E-state index contributed by atoms with van der Waals surface area (Å²) in [6.07, 6.45) is 2.70. The third-order valence-electron chi connectivity index (χ3n) is 2.75. The quantitative estimate of drug-likeness (QED) is 0.705. The zero-order valence-electron chi connectivity index (χ0n) is 9.86. The van der Waals surface area contributed by atoms with E-state index < -0.39 is 0 Å². The zero-order valence-corrected chi connectivity index (χ0v) is 9.86. The van der Waals surface area contributed by atoms with Crippen LogP contribution in [-0.4, -0.2) is 18.7 Å². The highest BCUT2D eigenvalue weighted by Gasteiger charge is 2.08. The van der Waals surface area contributed by atoms with Crippen LogP contribution in [0.3, 0.4) is 0 Å². The van der Waals surface area contributed by atoms with Crippen LogP contribution in [0.2, 0.25) is 0 Å². The number of methoxy groups -OCH3 is 1. The molecule has 5 N–H and O–H groups in total. The summed E-state index contributed by atoms with van der Waals surface area (Å²) in [5.74, 6) is 0. The van der Waals surface area contributed by atoms with Gasteiger partial charge >= 0.3 is 0 Å². The second-order valence-corrected chi connectivity index (χ2v) is 3.97. The summed E-state index contributed by atoms with van der Waals surface area (Å²) in [6.45, 7) is 0.674. The molecule has 0 fully saturated rings. The predicted molar refractivity (Wildman–Crippen MR) is 70.6 cm³/mol. The summed E-state index contributed by atoms with van der Waals surface area (Å²) in [5.41, 5.74) is 16.2. The highest BCUT2D eigenvalue weighted by Crippen LogP contribution is 2.30. The number of ether oxygens (including phenoxy) is 1. The molecule has 4 heteroatoms. The summed E-state index contributed by atoms with van der Waals surface area (Å²) >= 11 is 0. The van der Waals surface area contributed by atoms with Crippen molar-refractivity contribution < 1.29 is 4.74 Å². The molecule has 0 radical (unpaired) electrons. The van der Waals surface area contributed by atoms with Gasteiger partial charge in [-0.15, -0.1) is 0 Å². The first-order valence-electron chi connectivity index (χ1n) is 5.53. The lowest BCUT2D eigenvalue weighted by molar-refractivity contribution is 0.202. The van der Waals surface area contributed by atoms with Crippen LogP contribution in [0.4, 0.5) is 11.4 Å². The molecule has 0 aliphatic heterocycles. The van der Waals surface area contributed by atoms with Crippen LogP contribution < -0.4 is 11.5 Å². The topological polar surface area (TPSA) is 77.1 Å². The second-order valence-electron chi connectivity index (χ2n) is 3.97. The van der Waals surface area contributed by atoms with Gasteiger partial charge in [-0.1, -0.05) is 0 Å². The number of hydrogen-bond donors (Lipinski definition) is 3. The molecule has 0 saturated heterocycles. The van der Waals surface area contributed by atoms with Crippen molar-refractivity contribution in [1.29, 1.82) is 0 Å². The third kappa shape index (κ3) is 2.42. The lowest BCUT2D eigenvalue weighted by Crippen LogP contribution is -2.01. The van der Waals surface area contributed by atoms with Crippen molar-refractivity contribution >= 4 is 11.4 Å². The van der Waals surface area contributed by atoms with Crippen LogP contribution >= 0.6 is 0 Å². The predicted octanol–water partition coefficient (Wildman–Crippen LogP) is 2.04. The van der Waals surface area contributed by atoms with E-state index >= 15 is 0 Å². The number of nitrogen functional groups attached to an aromatic ring is 2. The maximum Gasteiger partial charge on any atom is 0.0642 e. The van der Waals surface area contributed by atoms with Crippen LogP contribution in [0.1, 0.15) is 5.56 Å². The van der Waals surface area contributed by atoms with Gasteiger partial charge in [-0.3, -0.25) is 0 Å². The molecule has 0 spiro atoms. The first-order chi connectivity index (χ1) is 8.22. The number of rotatable bonds is 4. The highest BCUT2D eigenvalue weighted by molar-refractivity contribution is 5.83. The molecular weight excluding hydrogens is 214 g/mol. The zero-order chi connectivity index (χ0) is 12.3. The van der Waals surface area contributed by atoms with Gasteiger partial charge in [0, 0.05) is 24.6 Å². The van der Waals surface area contributed by atoms with Crippen LogP contribution in [0, 0.1) is 0 Å². The molecule has 1 aromatic carbocycles. The summed E-state index contributed by atoms with van der Waals surface area (Å²) in [7, 11) is 1.69. The van der Waals surface area contributed by atoms with Crippen molar-refractivity contribution in [3.05, 3.63) is 36.0 Å². The summed E-state index contributed by atoms with van der Waals surface area (Å²) in [5, 5.41) is 0. The average molecular weight is 231 g/mol. The molecular formula is C13H17N3O. The van der Waals surface area contributed by atoms with E-state index in [-0.39, 0.29) is 0 Å². The van der Waals surface area contributed by atoms with Crippen LogP contribution in [0.15, 0.2) is 30.5 Å². The van der Waals surface area contributed by atoms with Crippen LogP contribution in [0.25, 0.3) is 11.3 Å². The maximum atomic E-state index is 6.00. The van der Waals surface area contributed by atoms with Gasteiger partial charge in [-0.2, -0.15) is 0 Å². The number of aromatic amines is 1. The molecule has 0 saturated carbocycles. The van der Waals surface area contributed by atoms with E-state index in [0.29, 0.717) is 18.0 Å². The number of nitrogens with two attached hydrogens (primary N) is 2. The average Bonchev–Trinajstić information content (AvgIpc) is 2.84. The van der Waals surface area contributed by atoms with Crippen LogP contribution in [0.5, 0.6) is 0 Å². The van der Waals surface area contributed by atoms with Crippen molar-refractivity contribution in [3.63, 3.8) is 0 Å². The second kappa shape index (κ2) is 4.93. The van der Waals surface area contributed by atoms with E-state index in [1.54, 1.807) is 7.11 Å². The molecule has 17 heavy (non-hydrogen) atoms. The number of nitrogens with one attached hydrogen (secondary N) is 1. The third-order valence-corrected chi connectivity index (χ3v) is 2.75. The fourth-order valence-corrected chi connectivity index (χ4v) is 1.82. The lowest BCUT2D eigenvalue weighted by Gasteiger charge is -2.10. The molecule has 1 aromatic heterocycles. The largest absolute Gasteiger partial charge is 0.397 e. The first-order valence-corrected chi connectivity index (χ1v) is 5.53. The summed E-state index contributed by atoms with van der Waals surface area (Å²) in [4.78, 5) is 3.14. The number of aromatic nitrogens is 1. The molecule has 0 atom stereocenters. The van der Waals surface area contributed by atoms with Gasteiger partial charge < -0.3 is 21.2 Å². The van der Waals surface area contributed by atoms with Gasteiger partial charge in [-0.25, -0.2) is 0 Å². The minimum atomic E-state index is 0.614. The fraction of sp³-hybridized carbons (Fsp3) is 0.231. The molecule has 90 valence electrons. The minimum Gasteiger partial charge on any atom is -0.397 e. The molecule has 0 aliphatic carbocycles. The van der Waals surface area contributed by atoms with Crippen molar-refractivity contribution in [2.24, 2.45) is 0 Å². The molecule has 2 aromatic rings. The van der Waals surface area contributed by atoms with Gasteiger partial charge in [0.25, 0.3) is 0 Å². The summed E-state index contributed by atoms with van der Waals surface area (Å²) in [6, 6.07) is 7.87. The van der Waals surface area contributed by atoms with Gasteiger partial charge in [0.2, 0.25) is 0 Å². The van der Waals surface area contributed by atoms with Crippen molar-refractivity contribution in [2.45, 2.75) is 6.42 Å². The Kier molecular flexibility index (Phi) is 3.35. The lowest BCUT2D eigenvalue weighted by atomic mass is 10.0. The molecule has 1 heterocycles. The Morgan fingerprint density at radius 1 is 1.29 bits per heavy atom. The molecule has 0 bridgehead atoms. The Morgan fingerprint density at radius 3 is 2.76 bits per heavy atom. The van der Waals surface area contributed by atoms with Gasteiger partial charge in [0.1, 0.15) is 0 Å². The Hall–Kier alpha value is -1.94. The number of H-pyrrole nitrogens is 1. The highest BCUT2D eigenvalue weighted by atomic mass is 16.5. The van der Waals surface area contributed by atoms with Crippen LogP contribution in [-0.2, 0) is 11.2 Å². The Balaban J connectivity index is 2.40. The minimum absolute atomic E-state index is 0.614. The van der Waals surface area contributed by atoms with Crippen molar-refractivity contribution in [2.75, 3.05) is 25.2 Å². The smallest absolute Gasteiger partial charge is 0.0642 e.